The quantitative estimate of drug-likeness (QED) is 0.337. The first kappa shape index (κ1) is 21.3. The number of nitrogens with zero attached hydrogens (tertiary/aromatic N) is 1. The average Bonchev–Trinajstić information content (AvgIpc) is 2.75. The van der Waals surface area contributed by atoms with E-state index in [0.29, 0.717) is 12.0 Å². The lowest BCUT2D eigenvalue weighted by atomic mass is 9.49. The maximum atomic E-state index is 10.5. The van der Waals surface area contributed by atoms with Gasteiger partial charge in [-0.2, -0.15) is 0 Å². The molecule has 0 radical (unpaired) electrons. The number of likely N-dealkylation sites (N-methyl/N-ethyl adjacent to an activating group) is 1. The van der Waals surface area contributed by atoms with E-state index < -0.39 is 0 Å². The van der Waals surface area contributed by atoms with Crippen molar-refractivity contribution in [1.82, 2.24) is 0 Å². The first-order chi connectivity index (χ1) is 12.0. The van der Waals surface area contributed by atoms with Gasteiger partial charge in [0.2, 0.25) is 0 Å². The molecule has 3 nitrogen and oxygen atoms in total. The first-order valence-electron chi connectivity index (χ1n) is 11.1. The first-order valence-corrected chi connectivity index (χ1v) is 11.1. The van der Waals surface area contributed by atoms with Gasteiger partial charge in [-0.25, -0.2) is 0 Å². The molecule has 4 aliphatic carbocycles. The summed E-state index contributed by atoms with van der Waals surface area (Å²) in [7, 11) is 2.32. The van der Waals surface area contributed by atoms with Crippen LogP contribution in [0.15, 0.2) is 0 Å². The van der Waals surface area contributed by atoms with Crippen molar-refractivity contribution in [2.75, 3.05) is 39.9 Å². The molecular weight excluding hydrogens is 437 g/mol. The largest absolute Gasteiger partial charge is 1.00 e. The molecule has 0 aromatic rings. The molecule has 5 aliphatic rings. The smallest absolute Gasteiger partial charge is 0.126 e. The summed E-state index contributed by atoms with van der Waals surface area (Å²) in [6, 6.07) is 0. The van der Waals surface area contributed by atoms with E-state index in [4.69, 9.17) is 4.74 Å². The van der Waals surface area contributed by atoms with Crippen molar-refractivity contribution in [3.05, 3.63) is 0 Å². The highest BCUT2D eigenvalue weighted by atomic mass is 127. The third kappa shape index (κ3) is 5.15. The molecule has 0 aromatic carbocycles. The molecule has 0 aromatic heterocycles. The zero-order valence-corrected chi connectivity index (χ0v) is 19.0. The number of aliphatic hydroxyl groups excluding tert-OH is 1. The van der Waals surface area contributed by atoms with Gasteiger partial charge < -0.3 is 38.3 Å². The molecule has 0 spiro atoms. The van der Waals surface area contributed by atoms with Gasteiger partial charge in [-0.3, -0.25) is 0 Å². The van der Waals surface area contributed by atoms with Crippen LogP contribution >= 0.6 is 0 Å². The molecule has 1 saturated heterocycles. The standard InChI is InChI=1S/C22H40NO2.HI/c1-23(7-4-2-3-5-8-23)16-21(24)17-25-9-6-22-13-18-10-19(14-22)12-20(11-18)15-22;/h18-21,24H,2-17H2,1H3;1H/q+1;/p-1. The van der Waals surface area contributed by atoms with Crippen LogP contribution in [0.1, 0.15) is 70.6 Å². The number of halogens is 1. The van der Waals surface area contributed by atoms with Crippen molar-refractivity contribution in [3.63, 3.8) is 0 Å². The van der Waals surface area contributed by atoms with Gasteiger partial charge >= 0.3 is 0 Å². The number of quaternary nitrogens is 1. The van der Waals surface area contributed by atoms with Crippen LogP contribution in [0, 0.1) is 23.2 Å². The normalized spacial score (nSPS) is 39.2. The minimum Gasteiger partial charge on any atom is -1.00 e. The molecule has 26 heavy (non-hydrogen) atoms. The van der Waals surface area contributed by atoms with Crippen molar-refractivity contribution < 1.29 is 38.3 Å². The van der Waals surface area contributed by atoms with E-state index in [-0.39, 0.29) is 30.1 Å². The molecule has 4 heteroatoms. The van der Waals surface area contributed by atoms with E-state index in [1.54, 1.807) is 0 Å². The predicted molar refractivity (Wildman–Crippen MR) is 101 cm³/mol. The SMILES string of the molecule is C[N+]1(CC(O)COCCC23CC4CC(CC(C4)C2)C3)CCCCCC1.[I-]. The van der Waals surface area contributed by atoms with Gasteiger partial charge in [-0.1, -0.05) is 0 Å². The van der Waals surface area contributed by atoms with Crippen LogP contribution in [0.25, 0.3) is 0 Å². The summed E-state index contributed by atoms with van der Waals surface area (Å²) in [5.41, 5.74) is 0.614. The highest BCUT2D eigenvalue weighted by molar-refractivity contribution is 5.01. The lowest BCUT2D eigenvalue weighted by molar-refractivity contribution is -0.911. The van der Waals surface area contributed by atoms with E-state index in [2.05, 4.69) is 7.05 Å². The highest BCUT2D eigenvalue weighted by Crippen LogP contribution is 2.61. The monoisotopic (exact) mass is 477 g/mol. The van der Waals surface area contributed by atoms with Gasteiger partial charge in [-0.15, -0.1) is 0 Å². The van der Waals surface area contributed by atoms with Gasteiger partial charge in [0.25, 0.3) is 0 Å². The number of likely N-dealkylation sites (tertiary alicyclic amines) is 1. The Kier molecular flexibility index (Phi) is 7.35. The van der Waals surface area contributed by atoms with Crippen LogP contribution in [0.5, 0.6) is 0 Å². The van der Waals surface area contributed by atoms with Crippen LogP contribution in [0.4, 0.5) is 0 Å². The van der Waals surface area contributed by atoms with Crippen LogP contribution < -0.4 is 24.0 Å². The molecule has 1 N–H and O–H groups in total. The summed E-state index contributed by atoms with van der Waals surface area (Å²) in [6.45, 7) is 4.74. The minimum absolute atomic E-state index is 0. The van der Waals surface area contributed by atoms with Crippen molar-refractivity contribution in [3.8, 4) is 0 Å². The summed E-state index contributed by atoms with van der Waals surface area (Å²) >= 11 is 0. The molecule has 1 aliphatic heterocycles. The number of hydrogen-bond donors (Lipinski definition) is 1. The van der Waals surface area contributed by atoms with E-state index in [9.17, 15) is 5.11 Å². The molecular formula is C22H40INO2. The van der Waals surface area contributed by atoms with Gasteiger partial charge in [0.05, 0.1) is 26.7 Å². The fourth-order valence-corrected chi connectivity index (χ4v) is 7.30. The minimum atomic E-state index is -0.292. The maximum Gasteiger partial charge on any atom is 0.126 e. The molecule has 1 unspecified atom stereocenters. The Hall–Kier alpha value is 0.610. The van der Waals surface area contributed by atoms with E-state index >= 15 is 0 Å². The van der Waals surface area contributed by atoms with Crippen molar-refractivity contribution >= 4 is 0 Å². The summed E-state index contributed by atoms with van der Waals surface area (Å²) in [5, 5.41) is 10.5. The molecule has 1 atom stereocenters. The Morgan fingerprint density at radius 3 is 2.04 bits per heavy atom. The average molecular weight is 477 g/mol. The number of rotatable bonds is 7. The van der Waals surface area contributed by atoms with Crippen LogP contribution in [-0.4, -0.2) is 55.6 Å². The van der Waals surface area contributed by atoms with Gasteiger partial charge in [0.15, 0.2) is 0 Å². The third-order valence-electron chi connectivity index (χ3n) is 8.05. The maximum absolute atomic E-state index is 10.5. The summed E-state index contributed by atoms with van der Waals surface area (Å²) in [6.07, 6.45) is 15.3. The van der Waals surface area contributed by atoms with Gasteiger partial charge in [-0.05, 0) is 93.8 Å². The number of ether oxygens (including phenoxy) is 1. The molecule has 5 fully saturated rings. The summed E-state index contributed by atoms with van der Waals surface area (Å²) < 4.78 is 7.03. The second-order valence-corrected chi connectivity index (χ2v) is 10.6. The molecule has 4 saturated carbocycles. The summed E-state index contributed by atoms with van der Waals surface area (Å²) in [4.78, 5) is 0. The van der Waals surface area contributed by atoms with Crippen LogP contribution in [-0.2, 0) is 4.74 Å². The molecule has 0 amide bonds. The zero-order chi connectivity index (χ0) is 17.3. The topological polar surface area (TPSA) is 29.5 Å². The predicted octanol–water partition coefficient (Wildman–Crippen LogP) is 0.995. The van der Waals surface area contributed by atoms with E-state index in [0.717, 1.165) is 35.4 Å². The fourth-order valence-electron chi connectivity index (χ4n) is 7.30. The molecule has 1 heterocycles. The molecule has 152 valence electrons. The van der Waals surface area contributed by atoms with Crippen LogP contribution in [0.2, 0.25) is 0 Å². The molecule has 5 rings (SSSR count). The lowest BCUT2D eigenvalue weighted by Crippen LogP contribution is -3.00. The van der Waals surface area contributed by atoms with Gasteiger partial charge in [0, 0.05) is 6.61 Å². The Morgan fingerprint density at radius 2 is 1.50 bits per heavy atom. The van der Waals surface area contributed by atoms with Crippen molar-refractivity contribution in [2.24, 2.45) is 23.2 Å². The van der Waals surface area contributed by atoms with E-state index in [1.807, 2.05) is 0 Å². The van der Waals surface area contributed by atoms with Crippen LogP contribution in [0.3, 0.4) is 0 Å². The van der Waals surface area contributed by atoms with Gasteiger partial charge in [0.1, 0.15) is 12.6 Å². The Morgan fingerprint density at radius 1 is 0.962 bits per heavy atom. The Balaban J connectivity index is 0.00000196. The van der Waals surface area contributed by atoms with Crippen molar-refractivity contribution in [1.29, 1.82) is 0 Å². The van der Waals surface area contributed by atoms with Crippen molar-refractivity contribution in [2.45, 2.75) is 76.7 Å². The van der Waals surface area contributed by atoms with E-state index in [1.165, 1.54) is 83.7 Å². The highest BCUT2D eigenvalue weighted by Gasteiger charge is 2.50. The third-order valence-corrected chi connectivity index (χ3v) is 8.05. The number of aliphatic hydroxyl groups is 1. The molecule has 4 bridgehead atoms. The lowest BCUT2D eigenvalue weighted by Gasteiger charge is -2.57. The second-order valence-electron chi connectivity index (χ2n) is 10.6. The Bertz CT molecular complexity index is 412. The fraction of sp³-hybridized carbons (Fsp3) is 1.00. The Labute approximate surface area is 177 Å². The summed E-state index contributed by atoms with van der Waals surface area (Å²) in [5.74, 6) is 3.10. The second kappa shape index (κ2) is 8.96. The zero-order valence-electron chi connectivity index (χ0n) is 16.8. The number of hydrogen-bond acceptors (Lipinski definition) is 2.